The Morgan fingerprint density at radius 2 is 1.69 bits per heavy atom. The van der Waals surface area contributed by atoms with Crippen LogP contribution in [0, 0.1) is 63.6 Å². The summed E-state index contributed by atoms with van der Waals surface area (Å²) in [6.07, 6.45) is 25.6. The van der Waals surface area contributed by atoms with Crippen molar-refractivity contribution >= 4 is 0 Å². The average Bonchev–Trinajstić information content (AvgIpc) is 3.28. The molecule has 1 N–H and O–H groups in total. The van der Waals surface area contributed by atoms with E-state index in [1.54, 1.807) is 5.57 Å². The molecule has 3 saturated carbocycles. The van der Waals surface area contributed by atoms with Crippen LogP contribution in [0.2, 0.25) is 0 Å². The van der Waals surface area contributed by atoms with Crippen molar-refractivity contribution in [3.63, 3.8) is 0 Å². The van der Waals surface area contributed by atoms with E-state index < -0.39 is 0 Å². The predicted molar refractivity (Wildman–Crippen MR) is 194 cm³/mol. The molecule has 12 unspecified atom stereocenters. The quantitative estimate of drug-likeness (QED) is 0.145. The van der Waals surface area contributed by atoms with Gasteiger partial charge in [0.1, 0.15) is 0 Å². The van der Waals surface area contributed by atoms with Gasteiger partial charge in [-0.05, 0) is 154 Å². The van der Waals surface area contributed by atoms with E-state index in [0.29, 0.717) is 34.9 Å². The highest BCUT2D eigenvalue weighted by Crippen LogP contribution is 2.67. The zero-order valence-electron chi connectivity index (χ0n) is 31.9. The summed E-state index contributed by atoms with van der Waals surface area (Å²) in [6, 6.07) is 0. The summed E-state index contributed by atoms with van der Waals surface area (Å²) in [5.41, 5.74) is 3.29. The van der Waals surface area contributed by atoms with E-state index in [-0.39, 0.29) is 6.10 Å². The lowest BCUT2D eigenvalue weighted by molar-refractivity contribution is -0.0711. The topological polar surface area (TPSA) is 29.5 Å². The molecular weight excluding hydrogens is 548 g/mol. The molecular formula is C43H78O2. The second-order valence-electron chi connectivity index (χ2n) is 19.5. The summed E-state index contributed by atoms with van der Waals surface area (Å²) in [7, 11) is 0. The number of aliphatic hydroxyl groups excluding tert-OH is 1. The summed E-state index contributed by atoms with van der Waals surface area (Å²) in [5.74, 6) is 6.46. The van der Waals surface area contributed by atoms with Gasteiger partial charge >= 0.3 is 0 Å². The first kappa shape index (κ1) is 37.5. The maximum Gasteiger partial charge on any atom is 0.0776 e. The van der Waals surface area contributed by atoms with Gasteiger partial charge in [0, 0.05) is 0 Å². The highest BCUT2D eigenvalue weighted by atomic mass is 16.5. The Balaban J connectivity index is 1.28. The van der Waals surface area contributed by atoms with E-state index in [1.807, 2.05) is 0 Å². The molecule has 45 heavy (non-hydrogen) atoms. The normalized spacial score (nSPS) is 39.1. The smallest absolute Gasteiger partial charge is 0.0776 e. The van der Waals surface area contributed by atoms with Crippen LogP contribution in [0.4, 0.5) is 0 Å². The van der Waals surface area contributed by atoms with Crippen LogP contribution in [0.25, 0.3) is 0 Å². The fraction of sp³-hybridized carbons (Fsp3) is 0.953. The van der Waals surface area contributed by atoms with Crippen molar-refractivity contribution in [2.45, 2.75) is 191 Å². The van der Waals surface area contributed by atoms with Crippen LogP contribution in [-0.2, 0) is 4.74 Å². The van der Waals surface area contributed by atoms with Gasteiger partial charge in [-0.3, -0.25) is 0 Å². The molecule has 0 aromatic carbocycles. The first-order valence-corrected chi connectivity index (χ1v) is 20.1. The van der Waals surface area contributed by atoms with Crippen LogP contribution in [-0.4, -0.2) is 23.9 Å². The fourth-order valence-electron chi connectivity index (χ4n) is 11.6. The van der Waals surface area contributed by atoms with E-state index in [2.05, 4.69) is 75.3 Å². The van der Waals surface area contributed by atoms with Crippen molar-refractivity contribution in [1.29, 1.82) is 0 Å². The number of allylic oxidation sites excluding steroid dienone is 2. The monoisotopic (exact) mass is 627 g/mol. The number of aliphatic hydroxyl groups is 1. The van der Waals surface area contributed by atoms with Gasteiger partial charge < -0.3 is 9.84 Å². The highest BCUT2D eigenvalue weighted by Gasteiger charge is 2.59. The van der Waals surface area contributed by atoms with Crippen molar-refractivity contribution in [2.75, 3.05) is 6.61 Å². The maximum atomic E-state index is 10.5. The van der Waals surface area contributed by atoms with Crippen molar-refractivity contribution in [1.82, 2.24) is 0 Å². The standard InChI is InChI=1S/C43H78O2/c1-11-30(2)26-36(44)29-45-37-27-32(4)25-34(28-37)24-31(3)15-18-38-33(5)16-19-40-39-20-17-35(14-12-13-21-41(6,7)8)42(39,9)22-23-43(38,40)10/h16,30-32,34-40,44H,11-15,17-29H2,1-10H3. The third-order valence-corrected chi connectivity index (χ3v) is 14.5. The Kier molecular flexibility index (Phi) is 13.3. The molecule has 0 saturated heterocycles. The highest BCUT2D eigenvalue weighted by molar-refractivity contribution is 5.20. The van der Waals surface area contributed by atoms with Crippen LogP contribution < -0.4 is 0 Å². The van der Waals surface area contributed by atoms with E-state index in [4.69, 9.17) is 4.74 Å². The Morgan fingerprint density at radius 3 is 2.40 bits per heavy atom. The van der Waals surface area contributed by atoms with Gasteiger partial charge in [-0.25, -0.2) is 0 Å². The van der Waals surface area contributed by atoms with Crippen molar-refractivity contribution in [3.8, 4) is 0 Å². The SMILES string of the molecule is CCC(C)CC(O)COC1CC(C)CC(CC(C)CCC2C(C)=CCC3C4CCC(CCCCC(C)(C)C)C4(C)CCC23C)C1. The van der Waals surface area contributed by atoms with Gasteiger partial charge in [-0.2, -0.15) is 0 Å². The van der Waals surface area contributed by atoms with Crippen LogP contribution in [0.1, 0.15) is 178 Å². The number of fused-ring (bicyclic) bond motifs is 3. The Labute approximate surface area is 281 Å². The summed E-state index contributed by atoms with van der Waals surface area (Å²) >= 11 is 0. The van der Waals surface area contributed by atoms with Gasteiger partial charge in [-0.15, -0.1) is 0 Å². The minimum atomic E-state index is -0.308. The van der Waals surface area contributed by atoms with Crippen LogP contribution in [0.5, 0.6) is 0 Å². The third-order valence-electron chi connectivity index (χ3n) is 14.5. The molecule has 12 atom stereocenters. The minimum absolute atomic E-state index is 0.308. The second-order valence-corrected chi connectivity index (χ2v) is 19.5. The van der Waals surface area contributed by atoms with Crippen LogP contribution >= 0.6 is 0 Å². The predicted octanol–water partition coefficient (Wildman–Crippen LogP) is 12.4. The van der Waals surface area contributed by atoms with E-state index in [1.165, 1.54) is 96.3 Å². The van der Waals surface area contributed by atoms with Gasteiger partial charge in [0.15, 0.2) is 0 Å². The maximum absolute atomic E-state index is 10.5. The van der Waals surface area contributed by atoms with Gasteiger partial charge in [-0.1, -0.05) is 99.6 Å². The number of hydrogen-bond acceptors (Lipinski definition) is 2. The van der Waals surface area contributed by atoms with Crippen molar-refractivity contribution in [3.05, 3.63) is 11.6 Å². The van der Waals surface area contributed by atoms with Gasteiger partial charge in [0.25, 0.3) is 0 Å². The first-order chi connectivity index (χ1) is 21.1. The van der Waals surface area contributed by atoms with Crippen molar-refractivity contribution in [2.24, 2.45) is 63.6 Å². The van der Waals surface area contributed by atoms with Crippen LogP contribution in [0.3, 0.4) is 0 Å². The Hall–Kier alpha value is -0.340. The molecule has 0 bridgehead atoms. The second kappa shape index (κ2) is 15.9. The molecule has 4 aliphatic rings. The Morgan fingerprint density at radius 1 is 0.956 bits per heavy atom. The van der Waals surface area contributed by atoms with Gasteiger partial charge in [0.05, 0.1) is 18.8 Å². The van der Waals surface area contributed by atoms with E-state index >= 15 is 0 Å². The summed E-state index contributed by atoms with van der Waals surface area (Å²) in [4.78, 5) is 0. The average molecular weight is 627 g/mol. The Bertz CT molecular complexity index is 931. The molecule has 0 aliphatic heterocycles. The number of rotatable bonds is 15. The molecule has 2 heteroatoms. The molecule has 3 fully saturated rings. The molecule has 0 amide bonds. The first-order valence-electron chi connectivity index (χ1n) is 20.1. The molecule has 2 nitrogen and oxygen atoms in total. The summed E-state index contributed by atoms with van der Waals surface area (Å²) in [5, 5.41) is 10.5. The van der Waals surface area contributed by atoms with E-state index in [0.717, 1.165) is 54.3 Å². The molecule has 4 rings (SSSR count). The summed E-state index contributed by atoms with van der Waals surface area (Å²) in [6.45, 7) is 25.1. The molecule has 0 spiro atoms. The molecule has 0 heterocycles. The zero-order chi connectivity index (χ0) is 33.0. The molecule has 0 aromatic heterocycles. The number of unbranched alkanes of at least 4 members (excludes halogenated alkanes) is 1. The third kappa shape index (κ3) is 9.64. The van der Waals surface area contributed by atoms with Gasteiger partial charge in [0.2, 0.25) is 0 Å². The van der Waals surface area contributed by atoms with Crippen LogP contribution in [0.15, 0.2) is 11.6 Å². The molecule has 0 aromatic rings. The largest absolute Gasteiger partial charge is 0.391 e. The fourth-order valence-corrected chi connectivity index (χ4v) is 11.6. The van der Waals surface area contributed by atoms with Crippen molar-refractivity contribution < 1.29 is 9.84 Å². The lowest BCUT2D eigenvalue weighted by Gasteiger charge is -2.58. The molecule has 4 aliphatic carbocycles. The zero-order valence-corrected chi connectivity index (χ0v) is 31.9. The number of ether oxygens (including phenoxy) is 1. The molecule has 0 radical (unpaired) electrons. The minimum Gasteiger partial charge on any atom is -0.391 e. The number of hydrogen-bond donors (Lipinski definition) is 1. The lowest BCUT2D eigenvalue weighted by atomic mass is 9.46. The summed E-state index contributed by atoms with van der Waals surface area (Å²) < 4.78 is 6.35. The lowest BCUT2D eigenvalue weighted by Crippen LogP contribution is -2.51. The van der Waals surface area contributed by atoms with E-state index in [9.17, 15) is 5.11 Å². The molecule has 262 valence electrons.